The van der Waals surface area contributed by atoms with Gasteiger partial charge in [-0.05, 0) is 24.3 Å². The van der Waals surface area contributed by atoms with Gasteiger partial charge >= 0.3 is 6.09 Å². The minimum atomic E-state index is -3.77. The number of hydrogen-bond donors (Lipinski definition) is 1. The summed E-state index contributed by atoms with van der Waals surface area (Å²) in [5.41, 5.74) is 0.393. The van der Waals surface area contributed by atoms with Crippen molar-refractivity contribution in [3.05, 3.63) is 24.3 Å². The Morgan fingerprint density at radius 1 is 1.14 bits per heavy atom. The maximum atomic E-state index is 11.4. The third-order valence-corrected chi connectivity index (χ3v) is 3.64. The van der Waals surface area contributed by atoms with E-state index in [2.05, 4.69) is 5.32 Å². The van der Waals surface area contributed by atoms with Crippen molar-refractivity contribution < 1.29 is 27.4 Å². The molecule has 0 radical (unpaired) electrons. The van der Waals surface area contributed by atoms with E-state index in [-0.39, 0.29) is 18.1 Å². The molecule has 1 aromatic rings. The lowest BCUT2D eigenvalue weighted by Gasteiger charge is -2.07. The van der Waals surface area contributed by atoms with Crippen LogP contribution in [0.2, 0.25) is 0 Å². The first kappa shape index (κ1) is 17.7. The molecule has 118 valence electrons. The first-order valence-corrected chi connectivity index (χ1v) is 8.29. The molecule has 0 saturated carbocycles. The molecule has 0 fully saturated rings. The molecular weight excluding hydrogens is 322 g/mol. The summed E-state index contributed by atoms with van der Waals surface area (Å²) in [5, 5.41) is 2.44. The number of anilines is 1. The number of hydrogen-bond acceptors (Lipinski definition) is 6. The molecule has 0 aromatic heterocycles. The molecule has 0 bridgehead atoms. The fourth-order valence-corrected chi connectivity index (χ4v) is 2.06. The second kappa shape index (κ2) is 8.83. The summed E-state index contributed by atoms with van der Waals surface area (Å²) in [6.07, 6.45) is -0.660. The van der Waals surface area contributed by atoms with Crippen molar-refractivity contribution in [1.29, 1.82) is 0 Å². The van der Waals surface area contributed by atoms with Gasteiger partial charge in [-0.2, -0.15) is 0 Å². The van der Waals surface area contributed by atoms with Gasteiger partial charge < -0.3 is 14.2 Å². The number of amides is 1. The molecule has 21 heavy (non-hydrogen) atoms. The summed E-state index contributed by atoms with van der Waals surface area (Å²) in [7, 11) is 2.97. The number of carbonyl (C=O) groups is 1. The Morgan fingerprint density at radius 2 is 1.76 bits per heavy atom. The van der Waals surface area contributed by atoms with Gasteiger partial charge in [0.25, 0.3) is 9.05 Å². The van der Waals surface area contributed by atoms with E-state index in [1.165, 1.54) is 24.3 Å². The molecule has 7 nitrogen and oxygen atoms in total. The van der Waals surface area contributed by atoms with Gasteiger partial charge in [-0.3, -0.25) is 5.32 Å². The van der Waals surface area contributed by atoms with E-state index in [1.54, 1.807) is 7.11 Å². The standard InChI is InChI=1S/C12H16ClNO6S/c1-18-6-7-19-8-9-20-12(15)14-10-2-4-11(5-3-10)21(13,16)17/h2-5H,6-9H2,1H3,(H,14,15). The largest absolute Gasteiger partial charge is 0.447 e. The monoisotopic (exact) mass is 337 g/mol. The number of halogens is 1. The second-order valence-corrected chi connectivity index (χ2v) is 6.39. The second-order valence-electron chi connectivity index (χ2n) is 3.83. The highest BCUT2D eigenvalue weighted by molar-refractivity contribution is 8.13. The van der Waals surface area contributed by atoms with Crippen LogP contribution in [0.5, 0.6) is 0 Å². The molecule has 0 aliphatic rings. The zero-order chi connectivity index (χ0) is 15.7. The summed E-state index contributed by atoms with van der Waals surface area (Å²) in [6, 6.07) is 5.38. The Hall–Kier alpha value is -1.35. The Kier molecular flexibility index (Phi) is 7.44. The SMILES string of the molecule is COCCOCCOC(=O)Nc1ccc(S(=O)(=O)Cl)cc1. The number of nitrogens with one attached hydrogen (secondary N) is 1. The van der Waals surface area contributed by atoms with Crippen molar-refractivity contribution in [1.82, 2.24) is 0 Å². The van der Waals surface area contributed by atoms with Crippen LogP contribution < -0.4 is 5.32 Å². The predicted molar refractivity (Wildman–Crippen MR) is 77.1 cm³/mol. The summed E-state index contributed by atoms with van der Waals surface area (Å²) in [6.45, 7) is 1.27. The molecule has 0 heterocycles. The van der Waals surface area contributed by atoms with Crippen LogP contribution in [0.1, 0.15) is 0 Å². The summed E-state index contributed by atoms with van der Waals surface area (Å²) < 4.78 is 36.9. The Bertz CT molecular complexity index is 545. The smallest absolute Gasteiger partial charge is 0.411 e. The van der Waals surface area contributed by atoms with E-state index in [9.17, 15) is 13.2 Å². The van der Waals surface area contributed by atoms with E-state index in [0.29, 0.717) is 18.9 Å². The van der Waals surface area contributed by atoms with E-state index >= 15 is 0 Å². The van der Waals surface area contributed by atoms with Gasteiger partial charge in [0.1, 0.15) is 6.61 Å². The number of rotatable bonds is 8. The molecule has 0 atom stereocenters. The lowest BCUT2D eigenvalue weighted by Crippen LogP contribution is -2.17. The van der Waals surface area contributed by atoms with Crippen molar-refractivity contribution >= 4 is 31.5 Å². The average molecular weight is 338 g/mol. The van der Waals surface area contributed by atoms with Gasteiger partial charge in [0.05, 0.1) is 24.7 Å². The molecule has 9 heteroatoms. The zero-order valence-electron chi connectivity index (χ0n) is 11.4. The van der Waals surface area contributed by atoms with Gasteiger partial charge in [0.15, 0.2) is 0 Å². The van der Waals surface area contributed by atoms with Crippen molar-refractivity contribution in [2.24, 2.45) is 0 Å². The first-order valence-electron chi connectivity index (χ1n) is 5.98. The minimum Gasteiger partial charge on any atom is -0.447 e. The van der Waals surface area contributed by atoms with Crippen LogP contribution in [-0.4, -0.2) is 48.0 Å². The number of ether oxygens (including phenoxy) is 3. The molecule has 0 unspecified atom stereocenters. The van der Waals surface area contributed by atoms with Crippen LogP contribution in [0.4, 0.5) is 10.5 Å². The Labute approximate surface area is 127 Å². The Balaban J connectivity index is 2.31. The normalized spacial score (nSPS) is 11.1. The van der Waals surface area contributed by atoms with Crippen molar-refractivity contribution in [3.63, 3.8) is 0 Å². The highest BCUT2D eigenvalue weighted by Gasteiger charge is 2.10. The Morgan fingerprint density at radius 3 is 2.33 bits per heavy atom. The molecule has 1 rings (SSSR count). The lowest BCUT2D eigenvalue weighted by atomic mass is 10.3. The maximum absolute atomic E-state index is 11.4. The van der Waals surface area contributed by atoms with E-state index in [0.717, 1.165) is 0 Å². The number of benzene rings is 1. The highest BCUT2D eigenvalue weighted by atomic mass is 35.7. The first-order chi connectivity index (χ1) is 9.93. The lowest BCUT2D eigenvalue weighted by molar-refractivity contribution is 0.0447. The average Bonchev–Trinajstić information content (AvgIpc) is 2.42. The van der Waals surface area contributed by atoms with Crippen LogP contribution in [0, 0.1) is 0 Å². The third-order valence-electron chi connectivity index (χ3n) is 2.27. The van der Waals surface area contributed by atoms with Gasteiger partial charge in [-0.25, -0.2) is 13.2 Å². The van der Waals surface area contributed by atoms with Crippen LogP contribution in [-0.2, 0) is 23.3 Å². The number of carbonyl (C=O) groups excluding carboxylic acids is 1. The zero-order valence-corrected chi connectivity index (χ0v) is 12.9. The molecule has 0 saturated heterocycles. The fourth-order valence-electron chi connectivity index (χ4n) is 1.29. The molecule has 0 aliphatic carbocycles. The van der Waals surface area contributed by atoms with E-state index < -0.39 is 15.1 Å². The molecule has 1 N–H and O–H groups in total. The summed E-state index contributed by atoms with van der Waals surface area (Å²) in [4.78, 5) is 11.4. The molecule has 1 amide bonds. The highest BCUT2D eigenvalue weighted by Crippen LogP contribution is 2.17. The van der Waals surface area contributed by atoms with Gasteiger partial charge in [0, 0.05) is 23.5 Å². The van der Waals surface area contributed by atoms with Crippen LogP contribution >= 0.6 is 10.7 Å². The summed E-state index contributed by atoms with van der Waals surface area (Å²) in [5.74, 6) is 0. The van der Waals surface area contributed by atoms with Crippen LogP contribution in [0.25, 0.3) is 0 Å². The van der Waals surface area contributed by atoms with Crippen molar-refractivity contribution in [2.75, 3.05) is 38.9 Å². The topological polar surface area (TPSA) is 90.9 Å². The van der Waals surface area contributed by atoms with Crippen molar-refractivity contribution in [2.45, 2.75) is 4.90 Å². The molecule has 1 aromatic carbocycles. The predicted octanol–water partition coefficient (Wildman–Crippen LogP) is 1.83. The molecule has 0 spiro atoms. The maximum Gasteiger partial charge on any atom is 0.411 e. The third kappa shape index (κ3) is 7.28. The van der Waals surface area contributed by atoms with Crippen molar-refractivity contribution in [3.8, 4) is 0 Å². The fraction of sp³-hybridized carbons (Fsp3) is 0.417. The number of methoxy groups -OCH3 is 1. The van der Waals surface area contributed by atoms with Crippen LogP contribution in [0.3, 0.4) is 0 Å². The van der Waals surface area contributed by atoms with Gasteiger partial charge in [-0.15, -0.1) is 0 Å². The quantitative estimate of drug-likeness (QED) is 0.575. The van der Waals surface area contributed by atoms with Crippen LogP contribution in [0.15, 0.2) is 29.2 Å². The van der Waals surface area contributed by atoms with Gasteiger partial charge in [0.2, 0.25) is 0 Å². The summed E-state index contributed by atoms with van der Waals surface area (Å²) >= 11 is 0. The molecule has 0 aliphatic heterocycles. The minimum absolute atomic E-state index is 0.0466. The van der Waals surface area contributed by atoms with E-state index in [1.807, 2.05) is 0 Å². The molecular formula is C12H16ClNO6S. The van der Waals surface area contributed by atoms with Gasteiger partial charge in [-0.1, -0.05) is 0 Å². The van der Waals surface area contributed by atoms with E-state index in [4.69, 9.17) is 24.9 Å².